The average Bonchev–Trinajstić information content (AvgIpc) is 2.69. The van der Waals surface area contributed by atoms with Gasteiger partial charge in [-0.25, -0.2) is 4.52 Å². The topological polar surface area (TPSA) is 80.6 Å². The van der Waals surface area contributed by atoms with Crippen LogP contribution in [0.25, 0.3) is 5.52 Å². The van der Waals surface area contributed by atoms with Gasteiger partial charge < -0.3 is 10.8 Å². The molecule has 2 aromatic rings. The van der Waals surface area contributed by atoms with E-state index in [0.717, 1.165) is 11.1 Å². The summed E-state index contributed by atoms with van der Waals surface area (Å²) in [5.74, 6) is -0.827. The SMILES string of the molecule is NC(CCC(=O)O)c1cnn2ccccc12. The first kappa shape index (κ1) is 10.6. The van der Waals surface area contributed by atoms with Crippen LogP contribution in [0.3, 0.4) is 0 Å². The van der Waals surface area contributed by atoms with Gasteiger partial charge in [-0.2, -0.15) is 5.10 Å². The molecule has 2 rings (SSSR count). The minimum atomic E-state index is -0.827. The Kier molecular flexibility index (Phi) is 2.87. The molecule has 2 aromatic heterocycles. The van der Waals surface area contributed by atoms with Gasteiger partial charge in [0.05, 0.1) is 11.7 Å². The fraction of sp³-hybridized carbons (Fsp3) is 0.273. The van der Waals surface area contributed by atoms with Crippen LogP contribution in [-0.4, -0.2) is 20.7 Å². The molecule has 2 heterocycles. The predicted molar refractivity (Wildman–Crippen MR) is 59.0 cm³/mol. The van der Waals surface area contributed by atoms with Crippen LogP contribution in [0.1, 0.15) is 24.4 Å². The third kappa shape index (κ3) is 2.04. The second-order valence-corrected chi connectivity index (χ2v) is 3.67. The first-order chi connectivity index (χ1) is 7.68. The van der Waals surface area contributed by atoms with E-state index in [9.17, 15) is 4.79 Å². The van der Waals surface area contributed by atoms with Gasteiger partial charge in [0.15, 0.2) is 0 Å². The number of nitrogens with zero attached hydrogens (tertiary/aromatic N) is 2. The molecule has 0 aromatic carbocycles. The Morgan fingerprint density at radius 3 is 3.12 bits per heavy atom. The molecule has 0 radical (unpaired) electrons. The molecule has 0 fully saturated rings. The quantitative estimate of drug-likeness (QED) is 0.809. The smallest absolute Gasteiger partial charge is 0.303 e. The Morgan fingerprint density at radius 1 is 1.56 bits per heavy atom. The lowest BCUT2D eigenvalue weighted by Crippen LogP contribution is -2.12. The van der Waals surface area contributed by atoms with Gasteiger partial charge in [0, 0.05) is 24.2 Å². The molecule has 0 spiro atoms. The lowest BCUT2D eigenvalue weighted by molar-refractivity contribution is -0.137. The van der Waals surface area contributed by atoms with Gasteiger partial charge in [0.2, 0.25) is 0 Å². The van der Waals surface area contributed by atoms with Gasteiger partial charge in [0.1, 0.15) is 0 Å². The maximum atomic E-state index is 10.5. The minimum Gasteiger partial charge on any atom is -0.481 e. The molecule has 0 saturated carbocycles. The molecular weight excluding hydrogens is 206 g/mol. The number of carbonyl (C=O) groups is 1. The van der Waals surface area contributed by atoms with Gasteiger partial charge in [-0.05, 0) is 18.6 Å². The zero-order valence-corrected chi connectivity index (χ0v) is 8.71. The Balaban J connectivity index is 2.22. The highest BCUT2D eigenvalue weighted by Crippen LogP contribution is 2.20. The summed E-state index contributed by atoms with van der Waals surface area (Å²) >= 11 is 0. The van der Waals surface area contributed by atoms with Crippen molar-refractivity contribution in [3.8, 4) is 0 Å². The van der Waals surface area contributed by atoms with Crippen LogP contribution < -0.4 is 5.73 Å². The van der Waals surface area contributed by atoms with Gasteiger partial charge in [0.25, 0.3) is 0 Å². The number of hydrogen-bond acceptors (Lipinski definition) is 3. The second kappa shape index (κ2) is 4.32. The van der Waals surface area contributed by atoms with Crippen molar-refractivity contribution in [2.45, 2.75) is 18.9 Å². The predicted octanol–water partition coefficient (Wildman–Crippen LogP) is 1.20. The molecule has 5 nitrogen and oxygen atoms in total. The molecular formula is C11H13N3O2. The summed E-state index contributed by atoms with van der Waals surface area (Å²) in [4.78, 5) is 10.5. The Bertz CT molecular complexity index is 507. The average molecular weight is 219 g/mol. The maximum Gasteiger partial charge on any atom is 0.303 e. The highest BCUT2D eigenvalue weighted by molar-refractivity contribution is 5.67. The summed E-state index contributed by atoms with van der Waals surface area (Å²) in [6, 6.07) is 5.43. The van der Waals surface area contributed by atoms with Crippen LogP contribution in [0.2, 0.25) is 0 Å². The van der Waals surface area contributed by atoms with E-state index >= 15 is 0 Å². The van der Waals surface area contributed by atoms with Crippen molar-refractivity contribution in [1.29, 1.82) is 0 Å². The Labute approximate surface area is 92.5 Å². The largest absolute Gasteiger partial charge is 0.481 e. The van der Waals surface area contributed by atoms with E-state index in [1.165, 1.54) is 0 Å². The molecule has 5 heteroatoms. The number of carboxylic acids is 1. The van der Waals surface area contributed by atoms with Crippen LogP contribution in [0.15, 0.2) is 30.6 Å². The summed E-state index contributed by atoms with van der Waals surface area (Å²) in [6.45, 7) is 0. The molecule has 0 amide bonds. The summed E-state index contributed by atoms with van der Waals surface area (Å²) in [7, 11) is 0. The van der Waals surface area contributed by atoms with E-state index in [-0.39, 0.29) is 12.5 Å². The van der Waals surface area contributed by atoms with Crippen LogP contribution in [0.4, 0.5) is 0 Å². The highest BCUT2D eigenvalue weighted by Gasteiger charge is 2.13. The molecule has 0 aliphatic rings. The molecule has 0 aliphatic carbocycles. The maximum absolute atomic E-state index is 10.5. The third-order valence-electron chi connectivity index (χ3n) is 2.52. The van der Waals surface area contributed by atoms with E-state index < -0.39 is 5.97 Å². The first-order valence-electron chi connectivity index (χ1n) is 5.08. The van der Waals surface area contributed by atoms with E-state index in [2.05, 4.69) is 5.10 Å². The van der Waals surface area contributed by atoms with E-state index in [0.29, 0.717) is 6.42 Å². The summed E-state index contributed by atoms with van der Waals surface area (Å²) in [5.41, 5.74) is 7.76. The standard InChI is InChI=1S/C11H13N3O2/c12-9(4-5-11(15)16)8-7-13-14-6-2-1-3-10(8)14/h1-3,6-7,9H,4-5,12H2,(H,15,16). The number of aromatic nitrogens is 2. The summed E-state index contributed by atoms with van der Waals surface area (Å²) < 4.78 is 1.73. The zero-order valence-electron chi connectivity index (χ0n) is 8.71. The number of rotatable bonds is 4. The van der Waals surface area contributed by atoms with Crippen LogP contribution in [0, 0.1) is 0 Å². The highest BCUT2D eigenvalue weighted by atomic mass is 16.4. The molecule has 84 valence electrons. The van der Waals surface area contributed by atoms with Crippen molar-refractivity contribution in [3.05, 3.63) is 36.2 Å². The molecule has 3 N–H and O–H groups in total. The van der Waals surface area contributed by atoms with E-state index in [1.54, 1.807) is 10.7 Å². The van der Waals surface area contributed by atoms with Crippen molar-refractivity contribution in [2.75, 3.05) is 0 Å². The minimum absolute atomic E-state index is 0.0747. The number of hydrogen-bond donors (Lipinski definition) is 2. The van der Waals surface area contributed by atoms with Gasteiger partial charge >= 0.3 is 5.97 Å². The second-order valence-electron chi connectivity index (χ2n) is 3.67. The molecule has 1 atom stereocenters. The lowest BCUT2D eigenvalue weighted by atomic mass is 10.0. The van der Waals surface area contributed by atoms with Gasteiger partial charge in [-0.3, -0.25) is 4.79 Å². The fourth-order valence-electron chi connectivity index (χ4n) is 1.67. The van der Waals surface area contributed by atoms with Crippen molar-refractivity contribution in [1.82, 2.24) is 9.61 Å². The zero-order chi connectivity index (χ0) is 11.5. The number of nitrogens with two attached hydrogens (primary N) is 1. The Morgan fingerprint density at radius 2 is 2.38 bits per heavy atom. The number of carboxylic acid groups (broad SMARTS) is 1. The van der Waals surface area contributed by atoms with Crippen molar-refractivity contribution >= 4 is 11.5 Å². The molecule has 16 heavy (non-hydrogen) atoms. The molecule has 0 bridgehead atoms. The van der Waals surface area contributed by atoms with E-state index in [4.69, 9.17) is 10.8 Å². The number of fused-ring (bicyclic) bond motifs is 1. The number of aliphatic carboxylic acids is 1. The molecule has 0 saturated heterocycles. The fourth-order valence-corrected chi connectivity index (χ4v) is 1.67. The molecule has 0 aliphatic heterocycles. The summed E-state index contributed by atoms with van der Waals surface area (Å²) in [5, 5.41) is 12.8. The van der Waals surface area contributed by atoms with E-state index in [1.807, 2.05) is 24.4 Å². The van der Waals surface area contributed by atoms with Crippen molar-refractivity contribution < 1.29 is 9.90 Å². The monoisotopic (exact) mass is 219 g/mol. The van der Waals surface area contributed by atoms with Crippen LogP contribution >= 0.6 is 0 Å². The third-order valence-corrected chi connectivity index (χ3v) is 2.52. The van der Waals surface area contributed by atoms with Gasteiger partial charge in [-0.1, -0.05) is 6.07 Å². The molecule has 1 unspecified atom stereocenters. The van der Waals surface area contributed by atoms with Crippen molar-refractivity contribution in [2.24, 2.45) is 5.73 Å². The Hall–Kier alpha value is -1.88. The van der Waals surface area contributed by atoms with Crippen LogP contribution in [-0.2, 0) is 4.79 Å². The van der Waals surface area contributed by atoms with Crippen LogP contribution in [0.5, 0.6) is 0 Å². The number of pyridine rings is 1. The van der Waals surface area contributed by atoms with Crippen molar-refractivity contribution in [3.63, 3.8) is 0 Å². The summed E-state index contributed by atoms with van der Waals surface area (Å²) in [6.07, 6.45) is 4.03. The first-order valence-corrected chi connectivity index (χ1v) is 5.08. The van der Waals surface area contributed by atoms with Gasteiger partial charge in [-0.15, -0.1) is 0 Å². The lowest BCUT2D eigenvalue weighted by Gasteiger charge is -2.08. The normalized spacial score (nSPS) is 12.8.